The summed E-state index contributed by atoms with van der Waals surface area (Å²) in [4.78, 5) is 2.48. The van der Waals surface area contributed by atoms with Crippen molar-refractivity contribution in [3.8, 4) is 0 Å². The highest BCUT2D eigenvalue weighted by molar-refractivity contribution is 9.10. The molecule has 1 aromatic carbocycles. The maximum atomic E-state index is 5.22. The summed E-state index contributed by atoms with van der Waals surface area (Å²) in [5.74, 6) is 0. The topological polar surface area (TPSA) is 24.5 Å². The van der Waals surface area contributed by atoms with E-state index in [4.69, 9.17) is 4.74 Å². The standard InChI is InChI=1S/C17H29BrN2O/c1-5-19-17(15-8-6-7-9-16(15)18)10-11-20(14(2)3)12-13-21-4/h6-9,14,17,19H,5,10-13H2,1-4H3. The second kappa shape index (κ2) is 10.3. The van der Waals surface area contributed by atoms with E-state index >= 15 is 0 Å². The van der Waals surface area contributed by atoms with Gasteiger partial charge in [0.25, 0.3) is 0 Å². The van der Waals surface area contributed by atoms with Crippen LogP contribution in [-0.2, 0) is 4.74 Å². The van der Waals surface area contributed by atoms with Gasteiger partial charge in [0.05, 0.1) is 6.61 Å². The van der Waals surface area contributed by atoms with E-state index in [1.165, 1.54) is 10.0 Å². The summed E-state index contributed by atoms with van der Waals surface area (Å²) in [5, 5.41) is 3.60. The summed E-state index contributed by atoms with van der Waals surface area (Å²) in [5.41, 5.74) is 1.34. The number of ether oxygens (including phenoxy) is 1. The van der Waals surface area contributed by atoms with Crippen LogP contribution in [0.15, 0.2) is 28.7 Å². The summed E-state index contributed by atoms with van der Waals surface area (Å²) in [6.45, 7) is 10.5. The minimum Gasteiger partial charge on any atom is -0.383 e. The van der Waals surface area contributed by atoms with Crippen molar-refractivity contribution in [2.24, 2.45) is 0 Å². The highest BCUT2D eigenvalue weighted by Crippen LogP contribution is 2.25. The minimum absolute atomic E-state index is 0.384. The van der Waals surface area contributed by atoms with Crippen LogP contribution in [0.3, 0.4) is 0 Å². The largest absolute Gasteiger partial charge is 0.383 e. The molecule has 1 atom stereocenters. The van der Waals surface area contributed by atoms with Crippen LogP contribution in [0.25, 0.3) is 0 Å². The summed E-state index contributed by atoms with van der Waals surface area (Å²) in [6.07, 6.45) is 1.10. The van der Waals surface area contributed by atoms with Gasteiger partial charge in [0, 0.05) is 36.8 Å². The van der Waals surface area contributed by atoms with Gasteiger partial charge < -0.3 is 10.1 Å². The Labute approximate surface area is 138 Å². The molecular weight excluding hydrogens is 328 g/mol. The van der Waals surface area contributed by atoms with Crippen LogP contribution in [0.1, 0.15) is 38.8 Å². The molecule has 0 fully saturated rings. The molecule has 120 valence electrons. The van der Waals surface area contributed by atoms with E-state index in [1.54, 1.807) is 7.11 Å². The smallest absolute Gasteiger partial charge is 0.0589 e. The summed E-state index contributed by atoms with van der Waals surface area (Å²) in [7, 11) is 1.76. The first-order valence-electron chi connectivity index (χ1n) is 7.80. The Morgan fingerprint density at radius 1 is 1.24 bits per heavy atom. The molecule has 1 unspecified atom stereocenters. The highest BCUT2D eigenvalue weighted by Gasteiger charge is 2.16. The van der Waals surface area contributed by atoms with Crippen molar-refractivity contribution in [2.45, 2.75) is 39.3 Å². The molecule has 4 heteroatoms. The molecule has 1 rings (SSSR count). The van der Waals surface area contributed by atoms with Crippen LogP contribution >= 0.6 is 15.9 Å². The van der Waals surface area contributed by atoms with Crippen molar-refractivity contribution in [2.75, 3.05) is 33.4 Å². The number of hydrogen-bond donors (Lipinski definition) is 1. The van der Waals surface area contributed by atoms with Crippen LogP contribution in [-0.4, -0.2) is 44.3 Å². The Morgan fingerprint density at radius 3 is 2.52 bits per heavy atom. The van der Waals surface area contributed by atoms with Gasteiger partial charge in [-0.05, 0) is 38.4 Å². The first-order chi connectivity index (χ1) is 10.1. The van der Waals surface area contributed by atoms with E-state index in [1.807, 2.05) is 0 Å². The minimum atomic E-state index is 0.384. The van der Waals surface area contributed by atoms with Gasteiger partial charge in [-0.3, -0.25) is 4.90 Å². The van der Waals surface area contributed by atoms with E-state index in [9.17, 15) is 0 Å². The lowest BCUT2D eigenvalue weighted by Gasteiger charge is -2.29. The fourth-order valence-electron chi connectivity index (χ4n) is 2.50. The first-order valence-corrected chi connectivity index (χ1v) is 8.60. The summed E-state index contributed by atoms with van der Waals surface area (Å²) in [6, 6.07) is 9.42. The Kier molecular flexibility index (Phi) is 9.16. The molecule has 0 saturated heterocycles. The van der Waals surface area contributed by atoms with Crippen LogP contribution in [0.4, 0.5) is 0 Å². The molecule has 0 saturated carbocycles. The lowest BCUT2D eigenvalue weighted by Crippen LogP contribution is -2.36. The van der Waals surface area contributed by atoms with Gasteiger partial charge >= 0.3 is 0 Å². The molecule has 0 aliphatic carbocycles. The third-order valence-corrected chi connectivity index (χ3v) is 4.47. The van der Waals surface area contributed by atoms with Crippen molar-refractivity contribution < 1.29 is 4.74 Å². The van der Waals surface area contributed by atoms with Gasteiger partial charge in [-0.25, -0.2) is 0 Å². The van der Waals surface area contributed by atoms with Crippen molar-refractivity contribution in [1.82, 2.24) is 10.2 Å². The van der Waals surface area contributed by atoms with Crippen LogP contribution in [0.5, 0.6) is 0 Å². The van der Waals surface area contributed by atoms with E-state index in [0.717, 1.165) is 32.7 Å². The fraction of sp³-hybridized carbons (Fsp3) is 0.647. The number of nitrogens with zero attached hydrogens (tertiary/aromatic N) is 1. The zero-order valence-corrected chi connectivity index (χ0v) is 15.3. The lowest BCUT2D eigenvalue weighted by molar-refractivity contribution is 0.126. The van der Waals surface area contributed by atoms with E-state index < -0.39 is 0 Å². The number of methoxy groups -OCH3 is 1. The quantitative estimate of drug-likeness (QED) is 0.689. The van der Waals surface area contributed by atoms with Crippen LogP contribution in [0, 0.1) is 0 Å². The molecular formula is C17H29BrN2O. The number of rotatable bonds is 10. The third-order valence-electron chi connectivity index (χ3n) is 3.75. The van der Waals surface area contributed by atoms with Gasteiger partial charge in [-0.2, -0.15) is 0 Å². The van der Waals surface area contributed by atoms with Gasteiger partial charge in [0.15, 0.2) is 0 Å². The number of nitrogens with one attached hydrogen (secondary N) is 1. The van der Waals surface area contributed by atoms with Crippen molar-refractivity contribution in [3.05, 3.63) is 34.3 Å². The van der Waals surface area contributed by atoms with Crippen LogP contribution in [0.2, 0.25) is 0 Å². The van der Waals surface area contributed by atoms with E-state index in [2.05, 4.69) is 71.2 Å². The Morgan fingerprint density at radius 2 is 1.95 bits per heavy atom. The monoisotopic (exact) mass is 356 g/mol. The second-order valence-corrected chi connectivity index (χ2v) is 6.40. The molecule has 0 aromatic heterocycles. The van der Waals surface area contributed by atoms with E-state index in [-0.39, 0.29) is 0 Å². The van der Waals surface area contributed by atoms with Gasteiger partial charge in [-0.15, -0.1) is 0 Å². The number of benzene rings is 1. The number of hydrogen-bond acceptors (Lipinski definition) is 3. The molecule has 0 aliphatic heterocycles. The Balaban J connectivity index is 2.67. The third kappa shape index (κ3) is 6.47. The first kappa shape index (κ1) is 18.6. The molecule has 3 nitrogen and oxygen atoms in total. The highest BCUT2D eigenvalue weighted by atomic mass is 79.9. The van der Waals surface area contributed by atoms with Gasteiger partial charge in [0.2, 0.25) is 0 Å². The maximum Gasteiger partial charge on any atom is 0.0589 e. The normalized spacial score (nSPS) is 13.1. The number of halogens is 1. The molecule has 1 aromatic rings. The SMILES string of the molecule is CCNC(CCN(CCOC)C(C)C)c1ccccc1Br. The average molecular weight is 357 g/mol. The van der Waals surface area contributed by atoms with E-state index in [0.29, 0.717) is 12.1 Å². The van der Waals surface area contributed by atoms with Gasteiger partial charge in [0.1, 0.15) is 0 Å². The average Bonchev–Trinajstić information content (AvgIpc) is 2.46. The predicted molar refractivity (Wildman–Crippen MR) is 93.8 cm³/mol. The molecule has 0 radical (unpaired) electrons. The molecule has 21 heavy (non-hydrogen) atoms. The van der Waals surface area contributed by atoms with Gasteiger partial charge in [-0.1, -0.05) is 41.1 Å². The zero-order chi connectivity index (χ0) is 15.7. The van der Waals surface area contributed by atoms with Crippen molar-refractivity contribution in [1.29, 1.82) is 0 Å². The molecule has 0 bridgehead atoms. The summed E-state index contributed by atoms with van der Waals surface area (Å²) < 4.78 is 6.40. The molecule has 0 aliphatic rings. The molecule has 1 N–H and O–H groups in total. The van der Waals surface area contributed by atoms with Crippen LogP contribution < -0.4 is 5.32 Å². The molecule has 0 spiro atoms. The van der Waals surface area contributed by atoms with Crippen molar-refractivity contribution in [3.63, 3.8) is 0 Å². The van der Waals surface area contributed by atoms with Crippen molar-refractivity contribution >= 4 is 15.9 Å². The second-order valence-electron chi connectivity index (χ2n) is 5.54. The predicted octanol–water partition coefficient (Wildman–Crippen LogP) is 3.85. The lowest BCUT2D eigenvalue weighted by atomic mass is 10.0. The molecule has 0 amide bonds. The Hall–Kier alpha value is -0.420. The summed E-state index contributed by atoms with van der Waals surface area (Å²) >= 11 is 3.67. The maximum absolute atomic E-state index is 5.22. The Bertz CT molecular complexity index is 398. The zero-order valence-electron chi connectivity index (χ0n) is 13.7. The fourth-order valence-corrected chi connectivity index (χ4v) is 3.06. The molecule has 0 heterocycles.